The first kappa shape index (κ1) is 28.1. The van der Waals surface area contributed by atoms with Gasteiger partial charge in [0, 0.05) is 52.2 Å². The second-order valence-corrected chi connectivity index (χ2v) is 10.9. The van der Waals surface area contributed by atoms with Crippen LogP contribution < -0.4 is 10.9 Å². The molecule has 1 amide bonds. The number of pyridine rings is 1. The number of anilines is 1. The van der Waals surface area contributed by atoms with Gasteiger partial charge in [-0.05, 0) is 65.9 Å². The number of hydrogen-bond donors (Lipinski definition) is 2. The van der Waals surface area contributed by atoms with Crippen LogP contribution in [-0.2, 0) is 4.79 Å². The molecule has 0 radical (unpaired) electrons. The van der Waals surface area contributed by atoms with Crippen LogP contribution in [0.3, 0.4) is 0 Å². The molecule has 1 aromatic heterocycles. The topological polar surface area (TPSA) is 65.2 Å². The minimum absolute atomic E-state index is 0.105. The number of carbonyl (C=O) groups is 1. The molecule has 0 bridgehead atoms. The number of fused-ring (bicyclic) bond motifs is 1. The van der Waals surface area contributed by atoms with E-state index in [0.717, 1.165) is 22.1 Å². The Kier molecular flexibility index (Phi) is 8.10. The number of benzene rings is 3. The molecule has 2 N–H and O–H groups in total. The molecule has 4 aromatic rings. The van der Waals surface area contributed by atoms with E-state index in [4.69, 9.17) is 23.2 Å². The second-order valence-electron chi connectivity index (χ2n) is 9.98. The number of piperidine rings is 1. The van der Waals surface area contributed by atoms with Crippen LogP contribution in [0.2, 0.25) is 10.0 Å². The normalized spacial score (nSPS) is 14.6. The van der Waals surface area contributed by atoms with E-state index in [1.54, 1.807) is 0 Å². The molecule has 5 nitrogen and oxygen atoms in total. The third-order valence-electron chi connectivity index (χ3n) is 7.17. The van der Waals surface area contributed by atoms with E-state index in [9.17, 15) is 22.8 Å². The van der Waals surface area contributed by atoms with Crippen molar-refractivity contribution in [1.29, 1.82) is 0 Å². The third-order valence-corrected chi connectivity index (χ3v) is 7.67. The molecule has 1 fully saturated rings. The summed E-state index contributed by atoms with van der Waals surface area (Å²) in [6.45, 7) is 0.433. The predicted octanol–water partition coefficient (Wildman–Crippen LogP) is 7.37. The number of nitrogens with zero attached hydrogens (tertiary/aromatic N) is 1. The van der Waals surface area contributed by atoms with Crippen molar-refractivity contribution in [3.63, 3.8) is 0 Å². The summed E-state index contributed by atoms with van der Waals surface area (Å²) in [5.41, 5.74) is 4.06. The summed E-state index contributed by atoms with van der Waals surface area (Å²) in [5.74, 6) is -1.05. The maximum atomic E-state index is 12.6. The molecular weight excluding hydrogens is 562 g/mol. The number of likely N-dealkylation sites (tertiary alicyclic amines) is 1. The number of halogens is 5. The number of aromatic amines is 1. The van der Waals surface area contributed by atoms with Gasteiger partial charge in [0.15, 0.2) is 0 Å². The Morgan fingerprint density at radius 3 is 2.00 bits per heavy atom. The minimum atomic E-state index is -4.52. The van der Waals surface area contributed by atoms with Gasteiger partial charge in [-0.3, -0.25) is 9.59 Å². The molecule has 0 unspecified atom stereocenters. The lowest BCUT2D eigenvalue weighted by Gasteiger charge is -2.33. The number of hydrogen-bond acceptors (Lipinski definition) is 3. The van der Waals surface area contributed by atoms with Gasteiger partial charge < -0.3 is 15.2 Å². The van der Waals surface area contributed by atoms with Crippen LogP contribution in [0.4, 0.5) is 18.9 Å². The van der Waals surface area contributed by atoms with Crippen molar-refractivity contribution >= 4 is 45.7 Å². The molecule has 1 aliphatic heterocycles. The largest absolute Gasteiger partial charge is 0.397 e. The smallest absolute Gasteiger partial charge is 0.381 e. The predicted molar refractivity (Wildman–Crippen MR) is 152 cm³/mol. The van der Waals surface area contributed by atoms with Crippen LogP contribution in [0.25, 0.3) is 10.9 Å². The Morgan fingerprint density at radius 2 is 1.45 bits per heavy atom. The average molecular weight is 588 g/mol. The number of amides is 1. The summed E-state index contributed by atoms with van der Waals surface area (Å²) >= 11 is 12.3. The molecule has 208 valence electrons. The highest BCUT2D eigenvalue weighted by molar-refractivity contribution is 6.30. The van der Waals surface area contributed by atoms with Gasteiger partial charge in [0.25, 0.3) is 0 Å². The minimum Gasteiger partial charge on any atom is -0.381 e. The Hall–Kier alpha value is -3.49. The SMILES string of the molecule is O=C(CC(F)(F)F)N1CCC(Nc2cc(=O)[nH]c3ccc(C(c4ccc(Cl)cc4)c4ccc(Cl)cc4)cc23)CC1. The molecule has 2 heterocycles. The lowest BCUT2D eigenvalue weighted by atomic mass is 9.84. The van der Waals surface area contributed by atoms with Crippen LogP contribution in [-0.4, -0.2) is 41.1 Å². The van der Waals surface area contributed by atoms with Crippen molar-refractivity contribution < 1.29 is 18.0 Å². The monoisotopic (exact) mass is 587 g/mol. The van der Waals surface area contributed by atoms with E-state index in [1.165, 1.54) is 11.0 Å². The Bertz CT molecular complexity index is 1520. The van der Waals surface area contributed by atoms with Crippen LogP contribution in [0.15, 0.2) is 77.6 Å². The van der Waals surface area contributed by atoms with Gasteiger partial charge in [-0.1, -0.05) is 53.5 Å². The van der Waals surface area contributed by atoms with Crippen LogP contribution in [0, 0.1) is 0 Å². The van der Waals surface area contributed by atoms with Crippen LogP contribution in [0.5, 0.6) is 0 Å². The molecule has 1 saturated heterocycles. The van der Waals surface area contributed by atoms with E-state index in [1.807, 2.05) is 66.7 Å². The zero-order valence-electron chi connectivity index (χ0n) is 21.3. The number of rotatable bonds is 6. The standard InChI is InChI=1S/C30H26Cl2F3N3O2/c31-21-6-1-18(2-7-21)29(19-3-8-22(32)9-4-19)20-5-10-25-24(15-20)26(16-27(39)37-25)36-23-11-13-38(14-12-23)28(40)17-30(33,34)35/h1-10,15-16,23,29H,11-14,17H2,(H2,36,37,39). The van der Waals surface area contributed by atoms with Gasteiger partial charge in [0.2, 0.25) is 11.5 Å². The lowest BCUT2D eigenvalue weighted by Crippen LogP contribution is -2.43. The molecule has 40 heavy (non-hydrogen) atoms. The van der Waals surface area contributed by atoms with Crippen molar-refractivity contribution in [2.45, 2.75) is 37.4 Å². The zero-order valence-corrected chi connectivity index (χ0v) is 22.8. The summed E-state index contributed by atoms with van der Waals surface area (Å²) in [6.07, 6.45) is -5.04. The first-order chi connectivity index (χ1) is 19.1. The van der Waals surface area contributed by atoms with Gasteiger partial charge in [-0.25, -0.2) is 0 Å². The van der Waals surface area contributed by atoms with Crippen LogP contribution in [0.1, 0.15) is 41.9 Å². The highest BCUT2D eigenvalue weighted by Crippen LogP contribution is 2.36. The van der Waals surface area contributed by atoms with Gasteiger partial charge in [-0.15, -0.1) is 0 Å². The van der Waals surface area contributed by atoms with Gasteiger partial charge in [-0.2, -0.15) is 13.2 Å². The maximum absolute atomic E-state index is 12.6. The number of nitrogens with one attached hydrogen (secondary N) is 2. The van der Waals surface area contributed by atoms with E-state index in [0.29, 0.717) is 34.1 Å². The molecule has 10 heteroatoms. The van der Waals surface area contributed by atoms with Gasteiger partial charge in [0.1, 0.15) is 6.42 Å². The number of H-pyrrole nitrogens is 1. The van der Waals surface area contributed by atoms with Crippen molar-refractivity contribution in [2.24, 2.45) is 0 Å². The summed E-state index contributed by atoms with van der Waals surface area (Å²) in [7, 11) is 0. The molecule has 0 atom stereocenters. The Balaban J connectivity index is 1.45. The average Bonchev–Trinajstić information content (AvgIpc) is 2.90. The second kappa shape index (κ2) is 11.6. The molecule has 0 spiro atoms. The molecule has 1 aliphatic rings. The molecule has 0 aliphatic carbocycles. The number of alkyl halides is 3. The summed E-state index contributed by atoms with van der Waals surface area (Å²) in [4.78, 5) is 28.6. The Labute approximate surface area is 238 Å². The van der Waals surface area contributed by atoms with E-state index in [2.05, 4.69) is 10.3 Å². The molecule has 5 rings (SSSR count). The fraction of sp³-hybridized carbons (Fsp3) is 0.267. The summed E-state index contributed by atoms with van der Waals surface area (Å²) in [6, 6.07) is 22.6. The van der Waals surface area contributed by atoms with Gasteiger partial charge >= 0.3 is 6.18 Å². The number of carbonyl (C=O) groups excluding carboxylic acids is 1. The van der Waals surface area contributed by atoms with E-state index in [-0.39, 0.29) is 30.6 Å². The Morgan fingerprint density at radius 1 is 0.900 bits per heavy atom. The highest BCUT2D eigenvalue weighted by Gasteiger charge is 2.34. The highest BCUT2D eigenvalue weighted by atomic mass is 35.5. The van der Waals surface area contributed by atoms with Crippen molar-refractivity contribution in [3.8, 4) is 0 Å². The van der Waals surface area contributed by atoms with E-state index < -0.39 is 18.5 Å². The third kappa shape index (κ3) is 6.62. The fourth-order valence-corrected chi connectivity index (χ4v) is 5.49. The summed E-state index contributed by atoms with van der Waals surface area (Å²) < 4.78 is 37.9. The quantitative estimate of drug-likeness (QED) is 0.231. The first-order valence-electron chi connectivity index (χ1n) is 12.8. The lowest BCUT2D eigenvalue weighted by molar-refractivity contribution is -0.162. The molecule has 0 saturated carbocycles. The molecule has 3 aromatic carbocycles. The molecular formula is C30H26Cl2F3N3O2. The van der Waals surface area contributed by atoms with Gasteiger partial charge in [0.05, 0.1) is 5.52 Å². The van der Waals surface area contributed by atoms with Crippen molar-refractivity contribution in [2.75, 3.05) is 18.4 Å². The van der Waals surface area contributed by atoms with E-state index >= 15 is 0 Å². The first-order valence-corrected chi connectivity index (χ1v) is 13.6. The number of aromatic nitrogens is 1. The maximum Gasteiger partial charge on any atom is 0.397 e. The zero-order chi connectivity index (χ0) is 28.4. The fourth-order valence-electron chi connectivity index (χ4n) is 5.23. The van der Waals surface area contributed by atoms with Crippen LogP contribution >= 0.6 is 23.2 Å². The summed E-state index contributed by atoms with van der Waals surface area (Å²) in [5, 5.41) is 5.49. The van der Waals surface area contributed by atoms with Crippen molar-refractivity contribution in [3.05, 3.63) is 110 Å². The van der Waals surface area contributed by atoms with Crippen molar-refractivity contribution in [1.82, 2.24) is 9.88 Å².